The Kier molecular flexibility index (Phi) is 3.73. The molecular formula is C10H14BrNO2S2. The van der Waals surface area contributed by atoms with Crippen molar-refractivity contribution in [3.63, 3.8) is 0 Å². The molecule has 0 bridgehead atoms. The molecule has 0 spiro atoms. The summed E-state index contributed by atoms with van der Waals surface area (Å²) < 4.78 is 24.6. The van der Waals surface area contributed by atoms with Gasteiger partial charge in [-0.3, -0.25) is 0 Å². The molecule has 1 N–H and O–H groups in total. The maximum absolute atomic E-state index is 11.8. The molecule has 0 radical (unpaired) electrons. The minimum atomic E-state index is -2.91. The van der Waals surface area contributed by atoms with Gasteiger partial charge in [0.1, 0.15) is 0 Å². The molecule has 2 rings (SSSR count). The number of sulfone groups is 1. The fourth-order valence-corrected chi connectivity index (χ4v) is 5.10. The van der Waals surface area contributed by atoms with Crippen LogP contribution in [0, 0.1) is 0 Å². The van der Waals surface area contributed by atoms with E-state index in [1.54, 1.807) is 11.3 Å². The van der Waals surface area contributed by atoms with E-state index >= 15 is 0 Å². The Morgan fingerprint density at radius 2 is 2.25 bits per heavy atom. The molecule has 2 atom stereocenters. The van der Waals surface area contributed by atoms with Crippen LogP contribution in [0.1, 0.15) is 24.3 Å². The average Bonchev–Trinajstić information content (AvgIpc) is 2.55. The highest BCUT2D eigenvalue weighted by Crippen LogP contribution is 2.29. The molecule has 1 aromatic rings. The molecule has 0 amide bonds. The normalized spacial score (nSPS) is 29.9. The summed E-state index contributed by atoms with van der Waals surface area (Å²) in [6, 6.07) is 4.14. The van der Waals surface area contributed by atoms with Crippen LogP contribution in [0.25, 0.3) is 0 Å². The van der Waals surface area contributed by atoms with E-state index in [-0.39, 0.29) is 17.8 Å². The lowest BCUT2D eigenvalue weighted by Crippen LogP contribution is -2.30. The van der Waals surface area contributed by atoms with Crippen molar-refractivity contribution in [2.75, 3.05) is 11.5 Å². The van der Waals surface area contributed by atoms with Crippen molar-refractivity contribution >= 4 is 37.1 Å². The van der Waals surface area contributed by atoms with Crippen molar-refractivity contribution in [3.05, 3.63) is 20.8 Å². The smallest absolute Gasteiger partial charge is 0.152 e. The molecule has 2 unspecified atom stereocenters. The van der Waals surface area contributed by atoms with Gasteiger partial charge in [0.2, 0.25) is 0 Å². The SMILES string of the molecule is CC1CCS(=O)(=O)CC(c2ccc(Br)s2)N1. The zero-order valence-corrected chi connectivity index (χ0v) is 12.2. The van der Waals surface area contributed by atoms with E-state index in [1.807, 2.05) is 19.1 Å². The standard InChI is InChI=1S/C10H14BrNO2S2/c1-7-4-5-16(13,14)6-8(12-7)9-2-3-10(11)15-9/h2-3,7-8,12H,4-6H2,1H3. The molecule has 1 saturated heterocycles. The molecule has 0 aromatic carbocycles. The van der Waals surface area contributed by atoms with Crippen molar-refractivity contribution in [1.82, 2.24) is 5.32 Å². The minimum Gasteiger partial charge on any atom is -0.306 e. The lowest BCUT2D eigenvalue weighted by molar-refractivity contribution is 0.489. The molecule has 1 aliphatic rings. The summed E-state index contributed by atoms with van der Waals surface area (Å²) in [4.78, 5) is 1.09. The zero-order valence-electron chi connectivity index (χ0n) is 8.94. The molecular weight excluding hydrogens is 310 g/mol. The first kappa shape index (κ1) is 12.5. The van der Waals surface area contributed by atoms with Crippen LogP contribution in [0.15, 0.2) is 15.9 Å². The van der Waals surface area contributed by atoms with Gasteiger partial charge in [0.25, 0.3) is 0 Å². The molecule has 1 aromatic heterocycles. The Bertz CT molecular complexity index is 469. The van der Waals surface area contributed by atoms with E-state index in [4.69, 9.17) is 0 Å². The Morgan fingerprint density at radius 1 is 1.50 bits per heavy atom. The predicted octanol–water partition coefficient (Wildman–Crippen LogP) is 2.35. The Morgan fingerprint density at radius 3 is 2.88 bits per heavy atom. The minimum absolute atomic E-state index is 0.0567. The first-order valence-electron chi connectivity index (χ1n) is 5.18. The molecule has 16 heavy (non-hydrogen) atoms. The van der Waals surface area contributed by atoms with Crippen molar-refractivity contribution < 1.29 is 8.42 Å². The van der Waals surface area contributed by atoms with Crippen LogP contribution in [0.2, 0.25) is 0 Å². The van der Waals surface area contributed by atoms with Gasteiger partial charge < -0.3 is 5.32 Å². The monoisotopic (exact) mass is 323 g/mol. The van der Waals surface area contributed by atoms with Gasteiger partial charge >= 0.3 is 0 Å². The Hall–Kier alpha value is 0.0900. The first-order chi connectivity index (χ1) is 7.46. The highest BCUT2D eigenvalue weighted by atomic mass is 79.9. The second kappa shape index (κ2) is 4.76. The molecule has 90 valence electrons. The lowest BCUT2D eigenvalue weighted by Gasteiger charge is -2.17. The van der Waals surface area contributed by atoms with Gasteiger partial charge in [-0.15, -0.1) is 11.3 Å². The quantitative estimate of drug-likeness (QED) is 0.862. The largest absolute Gasteiger partial charge is 0.306 e. The summed E-state index contributed by atoms with van der Waals surface area (Å²) >= 11 is 5.00. The van der Waals surface area contributed by atoms with Crippen LogP contribution in [-0.4, -0.2) is 26.0 Å². The third kappa shape index (κ3) is 3.06. The average molecular weight is 324 g/mol. The van der Waals surface area contributed by atoms with Crippen LogP contribution in [0.4, 0.5) is 0 Å². The van der Waals surface area contributed by atoms with E-state index in [2.05, 4.69) is 21.2 Å². The van der Waals surface area contributed by atoms with Crippen molar-refractivity contribution in [2.45, 2.75) is 25.4 Å². The third-order valence-electron chi connectivity index (χ3n) is 2.71. The van der Waals surface area contributed by atoms with E-state index in [0.29, 0.717) is 12.2 Å². The van der Waals surface area contributed by atoms with E-state index < -0.39 is 9.84 Å². The molecule has 3 nitrogen and oxygen atoms in total. The van der Waals surface area contributed by atoms with Crippen LogP contribution >= 0.6 is 27.3 Å². The van der Waals surface area contributed by atoms with Crippen molar-refractivity contribution in [1.29, 1.82) is 0 Å². The molecule has 0 saturated carbocycles. The number of rotatable bonds is 1. The lowest BCUT2D eigenvalue weighted by atomic mass is 10.2. The van der Waals surface area contributed by atoms with Gasteiger partial charge in [-0.1, -0.05) is 0 Å². The van der Waals surface area contributed by atoms with Gasteiger partial charge in [-0.25, -0.2) is 8.42 Å². The summed E-state index contributed by atoms with van der Waals surface area (Å²) in [5.74, 6) is 0.508. The van der Waals surface area contributed by atoms with E-state index in [1.165, 1.54) is 0 Å². The summed E-state index contributed by atoms with van der Waals surface area (Å²) in [6.45, 7) is 2.04. The molecule has 1 fully saturated rings. The number of nitrogens with one attached hydrogen (secondary N) is 1. The second-order valence-corrected chi connectivity index (χ2v) is 8.89. The van der Waals surface area contributed by atoms with Gasteiger partial charge in [0.05, 0.1) is 21.3 Å². The highest BCUT2D eigenvalue weighted by molar-refractivity contribution is 9.11. The Labute approximate surface area is 108 Å². The fraction of sp³-hybridized carbons (Fsp3) is 0.600. The van der Waals surface area contributed by atoms with E-state index in [0.717, 1.165) is 8.66 Å². The van der Waals surface area contributed by atoms with Crippen LogP contribution in [0.5, 0.6) is 0 Å². The van der Waals surface area contributed by atoms with E-state index in [9.17, 15) is 8.42 Å². The zero-order chi connectivity index (χ0) is 11.8. The van der Waals surface area contributed by atoms with Crippen molar-refractivity contribution in [2.24, 2.45) is 0 Å². The second-order valence-electron chi connectivity index (χ2n) is 4.17. The van der Waals surface area contributed by atoms with Crippen molar-refractivity contribution in [3.8, 4) is 0 Å². The molecule has 1 aliphatic heterocycles. The third-order valence-corrected chi connectivity index (χ3v) is 6.14. The topological polar surface area (TPSA) is 46.2 Å². The molecule has 2 heterocycles. The maximum atomic E-state index is 11.8. The first-order valence-corrected chi connectivity index (χ1v) is 8.61. The maximum Gasteiger partial charge on any atom is 0.152 e. The van der Waals surface area contributed by atoms with Gasteiger partial charge in [0, 0.05) is 10.9 Å². The van der Waals surface area contributed by atoms with Gasteiger partial charge in [0.15, 0.2) is 9.84 Å². The number of halogens is 1. The highest BCUT2D eigenvalue weighted by Gasteiger charge is 2.27. The summed E-state index contributed by atoms with van der Waals surface area (Å²) in [7, 11) is -2.91. The summed E-state index contributed by atoms with van der Waals surface area (Å²) in [5, 5.41) is 3.37. The van der Waals surface area contributed by atoms with Gasteiger partial charge in [-0.05, 0) is 41.4 Å². The summed E-state index contributed by atoms with van der Waals surface area (Å²) in [6.07, 6.45) is 0.700. The number of thiophene rings is 1. The summed E-state index contributed by atoms with van der Waals surface area (Å²) in [5.41, 5.74) is 0. The molecule has 0 aliphatic carbocycles. The predicted molar refractivity (Wildman–Crippen MR) is 70.6 cm³/mol. The molecule has 6 heteroatoms. The Balaban J connectivity index is 2.25. The van der Waals surface area contributed by atoms with Crippen LogP contribution in [0.3, 0.4) is 0 Å². The fourth-order valence-electron chi connectivity index (χ4n) is 1.85. The van der Waals surface area contributed by atoms with Crippen LogP contribution in [-0.2, 0) is 9.84 Å². The van der Waals surface area contributed by atoms with Crippen LogP contribution < -0.4 is 5.32 Å². The number of hydrogen-bond acceptors (Lipinski definition) is 4. The number of hydrogen-bond donors (Lipinski definition) is 1. The van der Waals surface area contributed by atoms with Gasteiger partial charge in [-0.2, -0.15) is 0 Å².